The molecule has 0 saturated heterocycles. The van der Waals surface area contributed by atoms with Crippen molar-refractivity contribution in [1.29, 1.82) is 0 Å². The van der Waals surface area contributed by atoms with E-state index in [4.69, 9.17) is 4.42 Å². The second-order valence-corrected chi connectivity index (χ2v) is 3.96. The number of thioether (sulfide) groups is 1. The lowest BCUT2D eigenvalue weighted by atomic mass is 10.3. The molecule has 0 aromatic carbocycles. The number of aryl methyl sites for hydroxylation is 1. The van der Waals surface area contributed by atoms with E-state index in [2.05, 4.69) is 22.4 Å². The lowest BCUT2D eigenvalue weighted by Crippen LogP contribution is -2.21. The number of aromatic nitrogens is 2. The minimum Gasteiger partial charge on any atom is -0.416 e. The van der Waals surface area contributed by atoms with E-state index in [0.717, 1.165) is 12.2 Å². The first-order valence-corrected chi connectivity index (χ1v) is 5.31. The average Bonchev–Trinajstić information content (AvgIpc) is 2.51. The summed E-state index contributed by atoms with van der Waals surface area (Å²) in [6.07, 6.45) is 1.10. The van der Waals surface area contributed by atoms with Gasteiger partial charge >= 0.3 is 0 Å². The Morgan fingerprint density at radius 2 is 2.31 bits per heavy atom. The molecule has 1 unspecified atom stereocenters. The zero-order valence-electron chi connectivity index (χ0n) is 8.20. The Labute approximate surface area is 82.5 Å². The zero-order valence-corrected chi connectivity index (χ0v) is 9.02. The Balaban J connectivity index is 2.20. The van der Waals surface area contributed by atoms with Gasteiger partial charge in [-0.05, 0) is 20.4 Å². The topological polar surface area (TPSA) is 51.0 Å². The van der Waals surface area contributed by atoms with Crippen molar-refractivity contribution in [3.05, 3.63) is 5.89 Å². The number of hydrogen-bond acceptors (Lipinski definition) is 5. The van der Waals surface area contributed by atoms with E-state index >= 15 is 0 Å². The first kappa shape index (κ1) is 10.5. The average molecular weight is 201 g/mol. The van der Waals surface area contributed by atoms with E-state index in [9.17, 15) is 0 Å². The van der Waals surface area contributed by atoms with E-state index in [0.29, 0.717) is 17.2 Å². The zero-order chi connectivity index (χ0) is 9.68. The molecule has 0 aliphatic rings. The van der Waals surface area contributed by atoms with Crippen molar-refractivity contribution < 1.29 is 4.42 Å². The van der Waals surface area contributed by atoms with Crippen LogP contribution in [0.1, 0.15) is 19.2 Å². The number of hydrogen-bond donors (Lipinski definition) is 1. The predicted molar refractivity (Wildman–Crippen MR) is 52.9 cm³/mol. The Morgan fingerprint density at radius 3 is 2.85 bits per heavy atom. The fourth-order valence-corrected chi connectivity index (χ4v) is 1.73. The maximum Gasteiger partial charge on any atom is 0.276 e. The van der Waals surface area contributed by atoms with Gasteiger partial charge in [0.15, 0.2) is 0 Å². The summed E-state index contributed by atoms with van der Waals surface area (Å²) in [4.78, 5) is 0. The van der Waals surface area contributed by atoms with Crippen LogP contribution in [-0.4, -0.2) is 29.0 Å². The number of nitrogens with zero attached hydrogens (tertiary/aromatic N) is 2. The van der Waals surface area contributed by atoms with Gasteiger partial charge in [0.2, 0.25) is 5.89 Å². The van der Waals surface area contributed by atoms with Crippen LogP contribution in [0.5, 0.6) is 0 Å². The highest BCUT2D eigenvalue weighted by Crippen LogP contribution is 2.16. The molecule has 0 radical (unpaired) electrons. The molecule has 0 fully saturated rings. The maximum absolute atomic E-state index is 5.22. The van der Waals surface area contributed by atoms with Crippen molar-refractivity contribution in [1.82, 2.24) is 15.5 Å². The molecule has 0 bridgehead atoms. The predicted octanol–water partition coefficient (Wildman–Crippen LogP) is 1.47. The quantitative estimate of drug-likeness (QED) is 0.731. The summed E-state index contributed by atoms with van der Waals surface area (Å²) >= 11 is 1.60. The third-order valence-corrected chi connectivity index (χ3v) is 2.63. The minimum atomic E-state index is 0.538. The Bertz CT molecular complexity index is 251. The second kappa shape index (κ2) is 5.24. The highest BCUT2D eigenvalue weighted by molar-refractivity contribution is 7.99. The van der Waals surface area contributed by atoms with Crippen LogP contribution in [0.2, 0.25) is 0 Å². The molecular formula is C8H15N3OS. The summed E-state index contributed by atoms with van der Waals surface area (Å²) in [6, 6.07) is 0.538. The van der Waals surface area contributed by atoms with Gasteiger partial charge < -0.3 is 9.73 Å². The number of nitrogens with one attached hydrogen (secondary N) is 1. The molecule has 0 spiro atoms. The molecule has 0 aliphatic carbocycles. The van der Waals surface area contributed by atoms with Gasteiger partial charge in [-0.25, -0.2) is 0 Å². The SMILES string of the molecule is CNC(C)CCSc1nnc(C)o1. The van der Waals surface area contributed by atoms with Crippen LogP contribution in [0.15, 0.2) is 9.64 Å². The number of rotatable bonds is 5. The first-order chi connectivity index (χ1) is 6.22. The third kappa shape index (κ3) is 3.78. The van der Waals surface area contributed by atoms with E-state index in [1.165, 1.54) is 0 Å². The van der Waals surface area contributed by atoms with Crippen LogP contribution in [-0.2, 0) is 0 Å². The molecule has 0 aliphatic heterocycles. The smallest absolute Gasteiger partial charge is 0.276 e. The van der Waals surface area contributed by atoms with E-state index in [-0.39, 0.29) is 0 Å². The van der Waals surface area contributed by atoms with Gasteiger partial charge in [-0.15, -0.1) is 10.2 Å². The van der Waals surface area contributed by atoms with Gasteiger partial charge in [-0.1, -0.05) is 11.8 Å². The molecule has 1 N–H and O–H groups in total. The normalized spacial score (nSPS) is 13.2. The van der Waals surface area contributed by atoms with Crippen LogP contribution in [0, 0.1) is 6.92 Å². The van der Waals surface area contributed by atoms with Gasteiger partial charge in [-0.3, -0.25) is 0 Å². The van der Waals surface area contributed by atoms with Gasteiger partial charge in [0.05, 0.1) is 0 Å². The molecular weight excluding hydrogens is 186 g/mol. The van der Waals surface area contributed by atoms with Gasteiger partial charge in [0.25, 0.3) is 5.22 Å². The molecule has 13 heavy (non-hydrogen) atoms. The summed E-state index contributed by atoms with van der Waals surface area (Å²) in [5, 5.41) is 11.5. The Hall–Kier alpha value is -0.550. The maximum atomic E-state index is 5.22. The molecule has 1 atom stereocenters. The second-order valence-electron chi connectivity index (χ2n) is 2.91. The van der Waals surface area contributed by atoms with Crippen LogP contribution >= 0.6 is 11.8 Å². The lowest BCUT2D eigenvalue weighted by molar-refractivity contribution is 0.429. The standard InChI is InChI=1S/C8H15N3OS/c1-6(9-3)4-5-13-8-11-10-7(2)12-8/h6,9H,4-5H2,1-3H3. The molecule has 4 nitrogen and oxygen atoms in total. The summed E-state index contributed by atoms with van der Waals surface area (Å²) in [6.45, 7) is 3.95. The fourth-order valence-electron chi connectivity index (χ4n) is 0.804. The summed E-state index contributed by atoms with van der Waals surface area (Å²) < 4.78 is 5.22. The van der Waals surface area contributed by atoms with Gasteiger partial charge in [-0.2, -0.15) is 0 Å². The molecule has 74 valence electrons. The fraction of sp³-hybridized carbons (Fsp3) is 0.750. The van der Waals surface area contributed by atoms with Crippen LogP contribution in [0.3, 0.4) is 0 Å². The molecule has 0 amide bonds. The van der Waals surface area contributed by atoms with E-state index in [1.54, 1.807) is 18.7 Å². The summed E-state index contributed by atoms with van der Waals surface area (Å²) in [5.41, 5.74) is 0. The van der Waals surface area contributed by atoms with E-state index < -0.39 is 0 Å². The van der Waals surface area contributed by atoms with Crippen molar-refractivity contribution >= 4 is 11.8 Å². The minimum absolute atomic E-state index is 0.538. The molecule has 5 heteroatoms. The van der Waals surface area contributed by atoms with Crippen molar-refractivity contribution in [2.45, 2.75) is 31.5 Å². The lowest BCUT2D eigenvalue weighted by Gasteiger charge is -2.07. The van der Waals surface area contributed by atoms with Crippen LogP contribution in [0.25, 0.3) is 0 Å². The van der Waals surface area contributed by atoms with E-state index in [1.807, 2.05) is 7.05 Å². The third-order valence-electron chi connectivity index (χ3n) is 1.78. The molecule has 1 aromatic heterocycles. The molecule has 1 rings (SSSR count). The van der Waals surface area contributed by atoms with Crippen LogP contribution < -0.4 is 5.32 Å². The molecule has 0 saturated carbocycles. The highest BCUT2D eigenvalue weighted by Gasteiger charge is 2.04. The van der Waals surface area contributed by atoms with Crippen molar-refractivity contribution in [2.75, 3.05) is 12.8 Å². The van der Waals surface area contributed by atoms with Crippen molar-refractivity contribution in [3.8, 4) is 0 Å². The summed E-state index contributed by atoms with van der Waals surface area (Å²) in [5.74, 6) is 1.63. The first-order valence-electron chi connectivity index (χ1n) is 4.32. The van der Waals surface area contributed by atoms with Crippen molar-refractivity contribution in [2.24, 2.45) is 0 Å². The monoisotopic (exact) mass is 201 g/mol. The van der Waals surface area contributed by atoms with Gasteiger partial charge in [0, 0.05) is 18.7 Å². The summed E-state index contributed by atoms with van der Waals surface area (Å²) in [7, 11) is 1.96. The largest absolute Gasteiger partial charge is 0.416 e. The molecule has 1 aromatic rings. The van der Waals surface area contributed by atoms with Gasteiger partial charge in [0.1, 0.15) is 0 Å². The molecule has 1 heterocycles. The highest BCUT2D eigenvalue weighted by atomic mass is 32.2. The van der Waals surface area contributed by atoms with Crippen LogP contribution in [0.4, 0.5) is 0 Å². The van der Waals surface area contributed by atoms with Crippen molar-refractivity contribution in [3.63, 3.8) is 0 Å². The Morgan fingerprint density at radius 1 is 1.54 bits per heavy atom. The Kier molecular flexibility index (Phi) is 4.24.